The van der Waals surface area contributed by atoms with Gasteiger partial charge in [0.1, 0.15) is 0 Å². The first-order chi connectivity index (χ1) is 13.7. The molecule has 6 atom stereocenters. The van der Waals surface area contributed by atoms with Crippen molar-refractivity contribution >= 4 is 0 Å². The van der Waals surface area contributed by atoms with Crippen molar-refractivity contribution in [1.29, 1.82) is 0 Å². The van der Waals surface area contributed by atoms with Crippen molar-refractivity contribution in [3.8, 4) is 0 Å². The fourth-order valence-corrected chi connectivity index (χ4v) is 6.38. The van der Waals surface area contributed by atoms with Gasteiger partial charge >= 0.3 is 0 Å². The molecule has 152 valence electrons. The number of rotatable bonds is 2. The van der Waals surface area contributed by atoms with Crippen LogP contribution in [0.3, 0.4) is 0 Å². The van der Waals surface area contributed by atoms with Gasteiger partial charge in [-0.15, -0.1) is 0 Å². The molecule has 3 aliphatic carbocycles. The average molecular weight is 377 g/mol. The lowest BCUT2D eigenvalue weighted by molar-refractivity contribution is 0.232. The zero-order valence-corrected chi connectivity index (χ0v) is 18.9. The molecule has 3 fully saturated rings. The predicted octanol–water partition coefficient (Wildman–Crippen LogP) is 8.29. The summed E-state index contributed by atoms with van der Waals surface area (Å²) in [6.45, 7) is 12.4. The van der Waals surface area contributed by atoms with Gasteiger partial charge in [0.2, 0.25) is 0 Å². The summed E-state index contributed by atoms with van der Waals surface area (Å²) in [5.74, 6) is 5.63. The van der Waals surface area contributed by atoms with Crippen LogP contribution in [0.1, 0.15) is 87.5 Å². The van der Waals surface area contributed by atoms with Crippen LogP contribution in [0, 0.1) is 37.5 Å². The molecule has 0 heterocycles. The molecule has 2 aromatic rings. The van der Waals surface area contributed by atoms with Crippen molar-refractivity contribution in [2.45, 2.75) is 79.1 Å². The summed E-state index contributed by atoms with van der Waals surface area (Å²) in [5, 5.41) is 0. The van der Waals surface area contributed by atoms with Gasteiger partial charge in [0.05, 0.1) is 0 Å². The first-order valence-electron chi connectivity index (χ1n) is 11.8. The molecule has 0 heteroatoms. The Kier molecular flexibility index (Phi) is 7.02. The van der Waals surface area contributed by atoms with Gasteiger partial charge in [-0.05, 0) is 86.2 Å². The van der Waals surface area contributed by atoms with Gasteiger partial charge in [-0.1, -0.05) is 87.4 Å². The van der Waals surface area contributed by atoms with E-state index in [0.717, 1.165) is 35.5 Å². The second kappa shape index (κ2) is 9.29. The van der Waals surface area contributed by atoms with E-state index in [9.17, 15) is 0 Å². The maximum absolute atomic E-state index is 2.40. The Labute approximate surface area is 173 Å². The molecule has 0 spiro atoms. The fraction of sp³-hybridized carbons (Fsp3) is 0.571. The SMILES string of the molecule is CC.CC.Cc1ccc(C2CC3C4CC(c5ccc(C)cc5)C(C4)C3C2)cc1. The molecule has 0 N–H and O–H groups in total. The Morgan fingerprint density at radius 3 is 1.61 bits per heavy atom. The molecule has 0 aliphatic heterocycles. The number of fused-ring (bicyclic) bond motifs is 5. The molecule has 0 nitrogen and oxygen atoms in total. The molecule has 2 bridgehead atoms. The lowest BCUT2D eigenvalue weighted by Crippen LogP contribution is -2.23. The Morgan fingerprint density at radius 2 is 1.04 bits per heavy atom. The van der Waals surface area contributed by atoms with E-state index in [1.165, 1.54) is 36.8 Å². The summed E-state index contributed by atoms with van der Waals surface area (Å²) >= 11 is 0. The van der Waals surface area contributed by atoms with Crippen molar-refractivity contribution in [3.05, 3.63) is 70.8 Å². The molecule has 3 aliphatic rings. The minimum absolute atomic E-state index is 0.822. The van der Waals surface area contributed by atoms with Crippen molar-refractivity contribution in [1.82, 2.24) is 0 Å². The van der Waals surface area contributed by atoms with E-state index in [1.54, 1.807) is 11.1 Å². The molecule has 2 aromatic carbocycles. The zero-order valence-electron chi connectivity index (χ0n) is 18.9. The monoisotopic (exact) mass is 376 g/mol. The van der Waals surface area contributed by atoms with E-state index < -0.39 is 0 Å². The minimum atomic E-state index is 0.822. The Hall–Kier alpha value is -1.56. The Balaban J connectivity index is 0.000000531. The summed E-state index contributed by atoms with van der Waals surface area (Å²) in [6, 6.07) is 18.8. The Bertz CT molecular complexity index is 724. The fourth-order valence-electron chi connectivity index (χ4n) is 6.38. The van der Waals surface area contributed by atoms with Crippen molar-refractivity contribution in [3.63, 3.8) is 0 Å². The van der Waals surface area contributed by atoms with Gasteiger partial charge in [0, 0.05) is 0 Å². The highest BCUT2D eigenvalue weighted by atomic mass is 14.6. The first-order valence-corrected chi connectivity index (χ1v) is 11.8. The summed E-state index contributed by atoms with van der Waals surface area (Å²) in [4.78, 5) is 0. The van der Waals surface area contributed by atoms with E-state index in [2.05, 4.69) is 62.4 Å². The molecule has 6 unspecified atom stereocenters. The first kappa shape index (κ1) is 21.2. The van der Waals surface area contributed by atoms with Crippen LogP contribution in [0.15, 0.2) is 48.5 Å². The molecule has 0 amide bonds. The lowest BCUT2D eigenvalue weighted by Gasteiger charge is -2.31. The summed E-state index contributed by atoms with van der Waals surface area (Å²) in [6.07, 6.45) is 5.86. The summed E-state index contributed by atoms with van der Waals surface area (Å²) in [7, 11) is 0. The molecule has 0 aromatic heterocycles. The maximum Gasteiger partial charge on any atom is -0.0128 e. The lowest BCUT2D eigenvalue weighted by atomic mass is 9.73. The van der Waals surface area contributed by atoms with Crippen molar-refractivity contribution in [2.75, 3.05) is 0 Å². The largest absolute Gasteiger partial charge is 0.0683 e. The van der Waals surface area contributed by atoms with Crippen LogP contribution in [0.4, 0.5) is 0 Å². The van der Waals surface area contributed by atoms with Gasteiger partial charge in [0.15, 0.2) is 0 Å². The van der Waals surface area contributed by atoms with Crippen LogP contribution in [0.5, 0.6) is 0 Å². The van der Waals surface area contributed by atoms with Crippen molar-refractivity contribution < 1.29 is 0 Å². The van der Waals surface area contributed by atoms with E-state index >= 15 is 0 Å². The van der Waals surface area contributed by atoms with Gasteiger partial charge in [-0.2, -0.15) is 0 Å². The van der Waals surface area contributed by atoms with E-state index in [4.69, 9.17) is 0 Å². The van der Waals surface area contributed by atoms with Gasteiger partial charge < -0.3 is 0 Å². The number of hydrogen-bond acceptors (Lipinski definition) is 0. The van der Waals surface area contributed by atoms with Crippen LogP contribution in [0.25, 0.3) is 0 Å². The third kappa shape index (κ3) is 3.93. The predicted molar refractivity (Wildman–Crippen MR) is 123 cm³/mol. The number of hydrogen-bond donors (Lipinski definition) is 0. The molecule has 0 radical (unpaired) electrons. The third-order valence-electron chi connectivity index (χ3n) is 7.52. The smallest absolute Gasteiger partial charge is 0.0128 e. The normalized spacial score (nSPS) is 32.1. The second-order valence-electron chi connectivity index (χ2n) is 8.82. The summed E-state index contributed by atoms with van der Waals surface area (Å²) < 4.78 is 0. The second-order valence-corrected chi connectivity index (χ2v) is 8.82. The van der Waals surface area contributed by atoms with Crippen LogP contribution in [0.2, 0.25) is 0 Å². The van der Waals surface area contributed by atoms with Gasteiger partial charge in [0.25, 0.3) is 0 Å². The van der Waals surface area contributed by atoms with Crippen LogP contribution in [-0.2, 0) is 0 Å². The quantitative estimate of drug-likeness (QED) is 0.494. The minimum Gasteiger partial charge on any atom is -0.0683 e. The molecule has 0 saturated heterocycles. The van der Waals surface area contributed by atoms with Gasteiger partial charge in [-0.3, -0.25) is 0 Å². The number of aryl methyl sites for hydroxylation is 2. The highest BCUT2D eigenvalue weighted by Crippen LogP contribution is 2.65. The number of benzene rings is 2. The maximum atomic E-state index is 2.40. The van der Waals surface area contributed by atoms with Crippen molar-refractivity contribution in [2.24, 2.45) is 23.7 Å². The van der Waals surface area contributed by atoms with Crippen LogP contribution in [-0.4, -0.2) is 0 Å². The summed E-state index contributed by atoms with van der Waals surface area (Å²) in [5.41, 5.74) is 5.99. The Morgan fingerprint density at radius 1 is 0.536 bits per heavy atom. The molecular weight excluding hydrogens is 336 g/mol. The molecule has 28 heavy (non-hydrogen) atoms. The molecular formula is C28H40. The van der Waals surface area contributed by atoms with Crippen LogP contribution >= 0.6 is 0 Å². The van der Waals surface area contributed by atoms with E-state index in [-0.39, 0.29) is 0 Å². The molecule has 3 saturated carbocycles. The zero-order chi connectivity index (χ0) is 20.3. The van der Waals surface area contributed by atoms with Gasteiger partial charge in [-0.25, -0.2) is 0 Å². The topological polar surface area (TPSA) is 0 Å². The highest BCUT2D eigenvalue weighted by molar-refractivity contribution is 5.30. The standard InChI is InChI=1S/C24H28.2C2H6/c1-15-3-7-17(8-4-15)19-11-22-20-13-21(24(14-20)23(22)12-19)18-9-5-16(2)6-10-18;2*1-2/h3-10,19-24H,11-14H2,1-2H3;2*1-2H3. The van der Waals surface area contributed by atoms with E-state index in [0.29, 0.717) is 0 Å². The molecule has 5 rings (SSSR count). The van der Waals surface area contributed by atoms with E-state index in [1.807, 2.05) is 27.7 Å². The highest BCUT2D eigenvalue weighted by Gasteiger charge is 2.56. The average Bonchev–Trinajstić information content (AvgIpc) is 3.44. The third-order valence-corrected chi connectivity index (χ3v) is 7.52. The van der Waals surface area contributed by atoms with Crippen LogP contribution < -0.4 is 0 Å².